The zero-order chi connectivity index (χ0) is 15.4. The molecule has 2 aliphatic rings. The Hall–Kier alpha value is -1.73. The lowest BCUT2D eigenvalue weighted by atomic mass is 9.97. The van der Waals surface area contributed by atoms with Crippen LogP contribution in [0.3, 0.4) is 0 Å². The minimum absolute atomic E-state index is 0.0493. The maximum atomic E-state index is 10.7. The van der Waals surface area contributed by atoms with Crippen molar-refractivity contribution in [1.29, 1.82) is 0 Å². The molecule has 0 bridgehead atoms. The number of anilines is 1. The molecule has 0 unspecified atom stereocenters. The molecule has 1 aromatic rings. The van der Waals surface area contributed by atoms with Crippen LogP contribution in [0.25, 0.3) is 0 Å². The van der Waals surface area contributed by atoms with Crippen LogP contribution in [0.5, 0.6) is 0 Å². The van der Waals surface area contributed by atoms with Gasteiger partial charge in [0.05, 0.1) is 4.92 Å². The zero-order valence-corrected chi connectivity index (χ0v) is 12.8. The third-order valence-electron chi connectivity index (χ3n) is 4.61. The summed E-state index contributed by atoms with van der Waals surface area (Å²) in [5, 5.41) is 14.1. The Labute approximate surface area is 130 Å². The maximum Gasteiger partial charge on any atom is 0.287 e. The van der Waals surface area contributed by atoms with Crippen molar-refractivity contribution in [2.45, 2.75) is 12.8 Å². The van der Waals surface area contributed by atoms with Crippen LogP contribution in [0.15, 0.2) is 18.3 Å². The number of hydrogen-bond donors (Lipinski definition) is 1. The van der Waals surface area contributed by atoms with Gasteiger partial charge >= 0.3 is 0 Å². The molecule has 0 atom stereocenters. The van der Waals surface area contributed by atoms with Crippen LogP contribution in [0.4, 0.5) is 11.5 Å². The number of hydrogen-bond acceptors (Lipinski definition) is 6. The molecule has 1 aromatic heterocycles. The molecule has 1 N–H and O–H groups in total. The molecular formula is C15H23N5O2. The summed E-state index contributed by atoms with van der Waals surface area (Å²) >= 11 is 0. The fourth-order valence-corrected chi connectivity index (χ4v) is 3.26. The molecule has 22 heavy (non-hydrogen) atoms. The van der Waals surface area contributed by atoms with Gasteiger partial charge < -0.3 is 10.2 Å². The van der Waals surface area contributed by atoms with Crippen LogP contribution in [-0.4, -0.2) is 60.6 Å². The van der Waals surface area contributed by atoms with E-state index in [0.29, 0.717) is 0 Å². The molecule has 0 aliphatic carbocycles. The van der Waals surface area contributed by atoms with E-state index in [1.807, 2.05) is 0 Å². The van der Waals surface area contributed by atoms with E-state index in [1.165, 1.54) is 31.6 Å². The highest BCUT2D eigenvalue weighted by Crippen LogP contribution is 2.19. The lowest BCUT2D eigenvalue weighted by molar-refractivity contribution is -0.385. The summed E-state index contributed by atoms with van der Waals surface area (Å²) in [4.78, 5) is 19.2. The second-order valence-electron chi connectivity index (χ2n) is 6.11. The summed E-state index contributed by atoms with van der Waals surface area (Å²) < 4.78 is 0. The molecule has 7 nitrogen and oxygen atoms in total. The number of nitro groups is 1. The lowest BCUT2D eigenvalue weighted by Crippen LogP contribution is -2.48. The van der Waals surface area contributed by atoms with Crippen molar-refractivity contribution >= 4 is 11.5 Å². The van der Waals surface area contributed by atoms with Gasteiger partial charge in [-0.2, -0.15) is 0 Å². The topological polar surface area (TPSA) is 74.5 Å². The van der Waals surface area contributed by atoms with E-state index < -0.39 is 4.92 Å². The summed E-state index contributed by atoms with van der Waals surface area (Å²) in [5.41, 5.74) is 0.0493. The number of rotatable bonds is 4. The van der Waals surface area contributed by atoms with Crippen molar-refractivity contribution in [2.75, 3.05) is 50.7 Å². The predicted molar refractivity (Wildman–Crippen MR) is 85.1 cm³/mol. The Morgan fingerprint density at radius 1 is 1.23 bits per heavy atom. The monoisotopic (exact) mass is 305 g/mol. The Balaban J connectivity index is 1.49. The van der Waals surface area contributed by atoms with Gasteiger partial charge in [0.2, 0.25) is 0 Å². The summed E-state index contributed by atoms with van der Waals surface area (Å²) in [6, 6.07) is 3.28. The maximum absolute atomic E-state index is 10.7. The molecule has 120 valence electrons. The Morgan fingerprint density at radius 3 is 2.55 bits per heavy atom. The Morgan fingerprint density at radius 2 is 1.95 bits per heavy atom. The van der Waals surface area contributed by atoms with E-state index in [0.717, 1.165) is 51.0 Å². The van der Waals surface area contributed by atoms with Gasteiger partial charge in [-0.15, -0.1) is 0 Å². The number of pyridine rings is 1. The average Bonchev–Trinajstić information content (AvgIpc) is 2.57. The quantitative estimate of drug-likeness (QED) is 0.663. The highest BCUT2D eigenvalue weighted by molar-refractivity contribution is 5.43. The zero-order valence-electron chi connectivity index (χ0n) is 12.8. The smallest absolute Gasteiger partial charge is 0.287 e. The summed E-state index contributed by atoms with van der Waals surface area (Å²) in [6.07, 6.45) is 3.91. The fourth-order valence-electron chi connectivity index (χ4n) is 3.26. The first kappa shape index (κ1) is 15.2. The van der Waals surface area contributed by atoms with Crippen molar-refractivity contribution in [2.24, 2.45) is 5.92 Å². The van der Waals surface area contributed by atoms with E-state index in [9.17, 15) is 10.1 Å². The van der Waals surface area contributed by atoms with Crippen LogP contribution < -0.4 is 10.2 Å². The number of nitrogens with zero attached hydrogens (tertiary/aromatic N) is 4. The number of piperidine rings is 1. The van der Waals surface area contributed by atoms with Gasteiger partial charge in [0.15, 0.2) is 0 Å². The summed E-state index contributed by atoms with van der Waals surface area (Å²) in [5.74, 6) is 1.66. The normalized spacial score (nSPS) is 21.0. The number of nitrogens with one attached hydrogen (secondary N) is 1. The highest BCUT2D eigenvalue weighted by atomic mass is 16.6. The molecule has 0 saturated carbocycles. The van der Waals surface area contributed by atoms with Gasteiger partial charge in [-0.25, -0.2) is 4.98 Å². The molecule has 7 heteroatoms. The largest absolute Gasteiger partial charge is 0.354 e. The predicted octanol–water partition coefficient (Wildman–Crippen LogP) is 1.11. The van der Waals surface area contributed by atoms with Gasteiger partial charge in [-0.3, -0.25) is 15.0 Å². The average molecular weight is 305 g/mol. The van der Waals surface area contributed by atoms with Crippen molar-refractivity contribution in [3.63, 3.8) is 0 Å². The van der Waals surface area contributed by atoms with Crippen LogP contribution in [0.1, 0.15) is 12.8 Å². The third kappa shape index (κ3) is 3.72. The second kappa shape index (κ2) is 7.02. The molecule has 3 heterocycles. The molecule has 0 radical (unpaired) electrons. The van der Waals surface area contributed by atoms with Gasteiger partial charge in [-0.1, -0.05) is 0 Å². The standard InChI is InChI=1S/C15H23N5O2/c21-20(22)14-1-2-15(17-11-14)19-9-7-18(8-10-19)12-13-3-5-16-6-4-13/h1-2,11,13,16H,3-10,12H2. The summed E-state index contributed by atoms with van der Waals surface area (Å²) in [7, 11) is 0. The molecule has 3 rings (SSSR count). The molecule has 2 saturated heterocycles. The number of aromatic nitrogens is 1. The van der Waals surface area contributed by atoms with Crippen LogP contribution >= 0.6 is 0 Å². The Bertz CT molecular complexity index is 493. The van der Waals surface area contributed by atoms with E-state index >= 15 is 0 Å². The van der Waals surface area contributed by atoms with E-state index in [4.69, 9.17) is 0 Å². The molecule has 0 amide bonds. The molecule has 2 fully saturated rings. The Kier molecular flexibility index (Phi) is 4.84. The first-order valence-electron chi connectivity index (χ1n) is 8.01. The molecule has 0 spiro atoms. The number of piperazine rings is 1. The third-order valence-corrected chi connectivity index (χ3v) is 4.61. The van der Waals surface area contributed by atoms with E-state index in [-0.39, 0.29) is 5.69 Å². The van der Waals surface area contributed by atoms with Gasteiger partial charge in [0.1, 0.15) is 12.0 Å². The first-order chi connectivity index (χ1) is 10.7. The van der Waals surface area contributed by atoms with Crippen LogP contribution in [-0.2, 0) is 0 Å². The van der Waals surface area contributed by atoms with Gasteiger partial charge in [-0.05, 0) is 37.9 Å². The SMILES string of the molecule is O=[N+]([O-])c1ccc(N2CCN(CC3CCNCC3)CC2)nc1. The van der Waals surface area contributed by atoms with Crippen molar-refractivity contribution in [3.8, 4) is 0 Å². The van der Waals surface area contributed by atoms with Crippen molar-refractivity contribution in [1.82, 2.24) is 15.2 Å². The minimum atomic E-state index is -0.409. The van der Waals surface area contributed by atoms with E-state index in [1.54, 1.807) is 6.07 Å². The van der Waals surface area contributed by atoms with Crippen LogP contribution in [0.2, 0.25) is 0 Å². The fraction of sp³-hybridized carbons (Fsp3) is 0.667. The van der Waals surface area contributed by atoms with Crippen molar-refractivity contribution in [3.05, 3.63) is 28.4 Å². The second-order valence-corrected chi connectivity index (χ2v) is 6.11. The van der Waals surface area contributed by atoms with E-state index in [2.05, 4.69) is 20.1 Å². The first-order valence-corrected chi connectivity index (χ1v) is 8.01. The minimum Gasteiger partial charge on any atom is -0.354 e. The highest BCUT2D eigenvalue weighted by Gasteiger charge is 2.22. The lowest BCUT2D eigenvalue weighted by Gasteiger charge is -2.37. The molecule has 0 aromatic carbocycles. The summed E-state index contributed by atoms with van der Waals surface area (Å²) in [6.45, 7) is 7.47. The van der Waals surface area contributed by atoms with Gasteiger partial charge in [0, 0.05) is 38.8 Å². The molecular weight excluding hydrogens is 282 g/mol. The van der Waals surface area contributed by atoms with Gasteiger partial charge in [0.25, 0.3) is 5.69 Å². The molecule has 2 aliphatic heterocycles. The van der Waals surface area contributed by atoms with Crippen molar-refractivity contribution < 1.29 is 4.92 Å². The van der Waals surface area contributed by atoms with Crippen LogP contribution in [0, 0.1) is 16.0 Å².